The minimum atomic E-state index is -0.324. The molecule has 1 N–H and O–H groups in total. The summed E-state index contributed by atoms with van der Waals surface area (Å²) in [6.07, 6.45) is 0.417. The van der Waals surface area contributed by atoms with Crippen molar-refractivity contribution in [3.63, 3.8) is 0 Å². The topological polar surface area (TPSA) is 23.5 Å². The molecule has 1 heterocycles. The zero-order valence-corrected chi connectivity index (χ0v) is 12.4. The third-order valence-electron chi connectivity index (χ3n) is 3.22. The highest BCUT2D eigenvalue weighted by Gasteiger charge is 2.12. The Morgan fingerprint density at radius 1 is 1.20 bits per heavy atom. The summed E-state index contributed by atoms with van der Waals surface area (Å²) in [5.74, 6) is -0.216. The molecule has 0 saturated heterocycles. The molecule has 4 heteroatoms. The van der Waals surface area contributed by atoms with Crippen molar-refractivity contribution >= 4 is 11.3 Å². The minimum absolute atomic E-state index is 0.216. The van der Waals surface area contributed by atoms with Crippen LogP contribution in [-0.2, 0) is 13.1 Å². The van der Waals surface area contributed by atoms with Gasteiger partial charge in [0, 0.05) is 24.5 Å². The molecule has 0 radical (unpaired) electrons. The number of hydrogen-bond acceptors (Lipinski definition) is 3. The van der Waals surface area contributed by atoms with E-state index < -0.39 is 0 Å². The van der Waals surface area contributed by atoms with E-state index in [0.717, 1.165) is 25.1 Å². The molecule has 0 saturated carbocycles. The van der Waals surface area contributed by atoms with E-state index in [4.69, 9.17) is 0 Å². The molecule has 0 bridgehead atoms. The zero-order valence-electron chi connectivity index (χ0n) is 11.6. The first-order valence-electron chi connectivity index (χ1n) is 6.84. The van der Waals surface area contributed by atoms with E-state index in [9.17, 15) is 9.50 Å². The lowest BCUT2D eigenvalue weighted by Gasteiger charge is -2.24. The van der Waals surface area contributed by atoms with Crippen molar-refractivity contribution in [1.82, 2.24) is 4.90 Å². The molecule has 0 amide bonds. The van der Waals surface area contributed by atoms with E-state index in [1.54, 1.807) is 23.5 Å². The highest BCUT2D eigenvalue weighted by atomic mass is 32.1. The molecule has 1 atom stereocenters. The van der Waals surface area contributed by atoms with Crippen LogP contribution in [0.25, 0.3) is 0 Å². The lowest BCUT2D eigenvalue weighted by molar-refractivity contribution is 0.102. The summed E-state index contributed by atoms with van der Waals surface area (Å²) in [6, 6.07) is 10.7. The molecule has 0 aliphatic heterocycles. The predicted molar refractivity (Wildman–Crippen MR) is 81.1 cm³/mol. The maximum atomic E-state index is 12.9. The summed E-state index contributed by atoms with van der Waals surface area (Å²) in [6.45, 7) is 4.14. The Morgan fingerprint density at radius 3 is 2.55 bits per heavy atom. The number of rotatable bonds is 7. The second-order valence-corrected chi connectivity index (χ2v) is 5.97. The van der Waals surface area contributed by atoms with Crippen LogP contribution in [0.15, 0.2) is 41.8 Å². The summed E-state index contributed by atoms with van der Waals surface area (Å²) >= 11 is 1.72. The van der Waals surface area contributed by atoms with Gasteiger partial charge in [0.05, 0.1) is 6.10 Å². The Balaban J connectivity index is 2.03. The summed E-state index contributed by atoms with van der Waals surface area (Å²) in [5.41, 5.74) is 1.06. The van der Waals surface area contributed by atoms with E-state index in [1.807, 2.05) is 13.0 Å². The second-order valence-electron chi connectivity index (χ2n) is 4.94. The van der Waals surface area contributed by atoms with Gasteiger partial charge in [-0.3, -0.25) is 4.90 Å². The molecule has 1 aromatic heterocycles. The Morgan fingerprint density at radius 2 is 1.95 bits per heavy atom. The first-order chi connectivity index (χ1) is 9.67. The van der Waals surface area contributed by atoms with Gasteiger partial charge in [0.1, 0.15) is 5.82 Å². The maximum absolute atomic E-state index is 12.9. The Kier molecular flexibility index (Phi) is 5.71. The smallest absolute Gasteiger partial charge is 0.123 e. The van der Waals surface area contributed by atoms with Crippen molar-refractivity contribution in [3.05, 3.63) is 58.0 Å². The molecule has 0 aliphatic carbocycles. The van der Waals surface area contributed by atoms with Gasteiger partial charge in [-0.25, -0.2) is 4.39 Å². The molecule has 20 heavy (non-hydrogen) atoms. The standard InChI is InChI=1S/C16H20FNOS/c1-2-15(19)11-18(12-16-4-3-9-20-16)10-13-5-7-14(17)8-6-13/h3-9,15,19H,2,10-12H2,1H3. The zero-order chi connectivity index (χ0) is 14.4. The van der Waals surface area contributed by atoms with Crippen LogP contribution >= 0.6 is 11.3 Å². The third kappa shape index (κ3) is 4.71. The fourth-order valence-electron chi connectivity index (χ4n) is 2.08. The number of benzene rings is 1. The van der Waals surface area contributed by atoms with Gasteiger partial charge in [-0.05, 0) is 35.6 Å². The molecule has 2 aromatic rings. The van der Waals surface area contributed by atoms with Gasteiger partial charge in [-0.2, -0.15) is 0 Å². The monoisotopic (exact) mass is 293 g/mol. The number of thiophene rings is 1. The van der Waals surface area contributed by atoms with Gasteiger partial charge in [-0.15, -0.1) is 11.3 Å². The van der Waals surface area contributed by atoms with Crippen molar-refractivity contribution < 1.29 is 9.50 Å². The van der Waals surface area contributed by atoms with Gasteiger partial charge < -0.3 is 5.11 Å². The third-order valence-corrected chi connectivity index (χ3v) is 4.08. The first-order valence-corrected chi connectivity index (χ1v) is 7.72. The number of hydrogen-bond donors (Lipinski definition) is 1. The largest absolute Gasteiger partial charge is 0.392 e. The van der Waals surface area contributed by atoms with Gasteiger partial charge >= 0.3 is 0 Å². The Labute approximate surface area is 123 Å². The van der Waals surface area contributed by atoms with Crippen LogP contribution in [0.4, 0.5) is 4.39 Å². The van der Waals surface area contributed by atoms with Crippen LogP contribution in [0.3, 0.4) is 0 Å². The Hall–Kier alpha value is -1.23. The van der Waals surface area contributed by atoms with Crippen LogP contribution in [-0.4, -0.2) is 22.7 Å². The molecule has 0 fully saturated rings. The molecular weight excluding hydrogens is 273 g/mol. The SMILES string of the molecule is CCC(O)CN(Cc1ccc(F)cc1)Cc1cccs1. The fraction of sp³-hybridized carbons (Fsp3) is 0.375. The summed E-state index contributed by atoms with van der Waals surface area (Å²) in [4.78, 5) is 3.48. The molecule has 0 aliphatic rings. The van der Waals surface area contributed by atoms with Gasteiger partial charge in [0.2, 0.25) is 0 Å². The molecule has 2 nitrogen and oxygen atoms in total. The van der Waals surface area contributed by atoms with Crippen LogP contribution in [0.5, 0.6) is 0 Å². The molecule has 0 spiro atoms. The summed E-state index contributed by atoms with van der Waals surface area (Å²) in [7, 11) is 0. The molecule has 108 valence electrons. The predicted octanol–water partition coefficient (Wildman–Crippen LogP) is 3.66. The summed E-state index contributed by atoms with van der Waals surface area (Å²) in [5, 5.41) is 11.9. The highest BCUT2D eigenvalue weighted by Crippen LogP contribution is 2.15. The van der Waals surface area contributed by atoms with Gasteiger partial charge in [0.25, 0.3) is 0 Å². The quantitative estimate of drug-likeness (QED) is 0.842. The molecular formula is C16H20FNOS. The van der Waals surface area contributed by atoms with Gasteiger partial charge in [0.15, 0.2) is 0 Å². The van der Waals surface area contributed by atoms with Crippen molar-refractivity contribution in [1.29, 1.82) is 0 Å². The normalized spacial score (nSPS) is 12.8. The minimum Gasteiger partial charge on any atom is -0.392 e. The number of nitrogens with zero attached hydrogens (tertiary/aromatic N) is 1. The first kappa shape index (κ1) is 15.2. The lowest BCUT2D eigenvalue weighted by Crippen LogP contribution is -2.31. The van der Waals surface area contributed by atoms with E-state index in [1.165, 1.54) is 17.0 Å². The van der Waals surface area contributed by atoms with E-state index >= 15 is 0 Å². The fourth-order valence-corrected chi connectivity index (χ4v) is 2.83. The van der Waals surface area contributed by atoms with Crippen LogP contribution in [0.2, 0.25) is 0 Å². The van der Waals surface area contributed by atoms with Crippen molar-refractivity contribution in [2.24, 2.45) is 0 Å². The number of aliphatic hydroxyl groups is 1. The van der Waals surface area contributed by atoms with E-state index in [2.05, 4.69) is 16.3 Å². The molecule has 1 unspecified atom stereocenters. The summed E-state index contributed by atoms with van der Waals surface area (Å²) < 4.78 is 12.9. The van der Waals surface area contributed by atoms with Gasteiger partial charge in [-0.1, -0.05) is 25.1 Å². The number of aliphatic hydroxyl groups excluding tert-OH is 1. The number of halogens is 1. The Bertz CT molecular complexity index is 498. The van der Waals surface area contributed by atoms with Crippen molar-refractivity contribution in [2.75, 3.05) is 6.54 Å². The average molecular weight is 293 g/mol. The maximum Gasteiger partial charge on any atom is 0.123 e. The van der Waals surface area contributed by atoms with Crippen LogP contribution in [0, 0.1) is 5.82 Å². The van der Waals surface area contributed by atoms with Crippen molar-refractivity contribution in [3.8, 4) is 0 Å². The molecule has 1 aromatic carbocycles. The lowest BCUT2D eigenvalue weighted by atomic mass is 10.2. The van der Waals surface area contributed by atoms with E-state index in [0.29, 0.717) is 6.54 Å². The average Bonchev–Trinajstić information content (AvgIpc) is 2.94. The highest BCUT2D eigenvalue weighted by molar-refractivity contribution is 7.09. The van der Waals surface area contributed by atoms with Crippen molar-refractivity contribution in [2.45, 2.75) is 32.5 Å². The van der Waals surface area contributed by atoms with E-state index in [-0.39, 0.29) is 11.9 Å². The van der Waals surface area contributed by atoms with Crippen LogP contribution < -0.4 is 0 Å². The second kappa shape index (κ2) is 7.53. The van der Waals surface area contributed by atoms with Crippen LogP contribution in [0.1, 0.15) is 23.8 Å². The molecule has 2 rings (SSSR count).